The maximum atomic E-state index is 11.7. The number of rotatable bonds is 4. The van der Waals surface area contributed by atoms with Gasteiger partial charge in [0.25, 0.3) is 0 Å². The summed E-state index contributed by atoms with van der Waals surface area (Å²) in [6.07, 6.45) is 1.06. The molecule has 1 aromatic carbocycles. The van der Waals surface area contributed by atoms with Gasteiger partial charge in [0, 0.05) is 12.1 Å². The molecule has 0 aromatic heterocycles. The zero-order valence-corrected chi connectivity index (χ0v) is 12.5. The Morgan fingerprint density at radius 3 is 2.84 bits per heavy atom. The van der Waals surface area contributed by atoms with Gasteiger partial charge in [0.2, 0.25) is 0 Å². The molecule has 0 N–H and O–H groups in total. The molecule has 1 aliphatic heterocycles. The monoisotopic (exact) mass is 281 g/mol. The predicted octanol–water partition coefficient (Wildman–Crippen LogP) is 3.50. The molecule has 0 spiro atoms. The van der Waals surface area contributed by atoms with E-state index in [-0.39, 0.29) is 17.3 Å². The Morgan fingerprint density at radius 1 is 1.47 bits per heavy atom. The molecule has 3 nitrogen and oxygen atoms in total. The standard InChI is InChI=1S/C15H20ClNO2/c1-4-7-17-10-15(2,3)19-14-6-5-11(8-12(14)17)13(18)9-16/h5-6,8H,4,7,9-10H2,1-3H3. The van der Waals surface area contributed by atoms with Crippen molar-refractivity contribution in [3.8, 4) is 5.75 Å². The number of hydrogen-bond acceptors (Lipinski definition) is 3. The Balaban J connectivity index is 2.40. The van der Waals surface area contributed by atoms with Crippen LogP contribution in [0.25, 0.3) is 0 Å². The maximum Gasteiger partial charge on any atom is 0.177 e. The molecule has 19 heavy (non-hydrogen) atoms. The van der Waals surface area contributed by atoms with Crippen molar-refractivity contribution in [3.05, 3.63) is 23.8 Å². The second kappa shape index (κ2) is 5.41. The fourth-order valence-corrected chi connectivity index (χ4v) is 2.60. The normalized spacial score (nSPS) is 16.7. The highest BCUT2D eigenvalue weighted by atomic mass is 35.5. The molecule has 0 fully saturated rings. The van der Waals surface area contributed by atoms with E-state index < -0.39 is 0 Å². The van der Waals surface area contributed by atoms with Gasteiger partial charge in [-0.25, -0.2) is 0 Å². The predicted molar refractivity (Wildman–Crippen MR) is 78.7 cm³/mol. The first-order valence-corrected chi connectivity index (χ1v) is 7.17. The van der Waals surface area contributed by atoms with E-state index in [1.807, 2.05) is 12.1 Å². The lowest BCUT2D eigenvalue weighted by atomic mass is 10.0. The molecule has 2 rings (SSSR count). The molecule has 1 aliphatic rings. The van der Waals surface area contributed by atoms with Gasteiger partial charge in [-0.1, -0.05) is 6.92 Å². The van der Waals surface area contributed by atoms with E-state index in [2.05, 4.69) is 25.7 Å². The van der Waals surface area contributed by atoms with Gasteiger partial charge in [0.05, 0.1) is 18.1 Å². The van der Waals surface area contributed by atoms with Crippen LogP contribution in [0.15, 0.2) is 18.2 Å². The second-order valence-corrected chi connectivity index (χ2v) is 5.79. The molecule has 0 bridgehead atoms. The number of Topliss-reactive ketones (excluding diaryl/α,β-unsaturated/α-hetero) is 1. The zero-order valence-electron chi connectivity index (χ0n) is 11.7. The van der Waals surface area contributed by atoms with Crippen LogP contribution in [-0.2, 0) is 0 Å². The SMILES string of the molecule is CCCN1CC(C)(C)Oc2ccc(C(=O)CCl)cc21. The van der Waals surface area contributed by atoms with E-state index in [1.54, 1.807) is 6.07 Å². The van der Waals surface area contributed by atoms with Crippen LogP contribution in [0.4, 0.5) is 5.69 Å². The van der Waals surface area contributed by atoms with E-state index in [0.29, 0.717) is 5.56 Å². The Hall–Kier alpha value is -1.22. The van der Waals surface area contributed by atoms with Crippen LogP contribution in [0.1, 0.15) is 37.6 Å². The molecule has 0 radical (unpaired) electrons. The Kier molecular flexibility index (Phi) is 4.04. The summed E-state index contributed by atoms with van der Waals surface area (Å²) in [6, 6.07) is 5.55. The minimum Gasteiger partial charge on any atom is -0.484 e. The maximum absolute atomic E-state index is 11.7. The van der Waals surface area contributed by atoms with Gasteiger partial charge in [-0.05, 0) is 38.5 Å². The van der Waals surface area contributed by atoms with Gasteiger partial charge in [-0.3, -0.25) is 4.79 Å². The van der Waals surface area contributed by atoms with Crippen molar-refractivity contribution in [1.29, 1.82) is 0 Å². The first kappa shape index (κ1) is 14.2. The smallest absolute Gasteiger partial charge is 0.177 e. The van der Waals surface area contributed by atoms with Gasteiger partial charge >= 0.3 is 0 Å². The van der Waals surface area contributed by atoms with Crippen LogP contribution in [0, 0.1) is 0 Å². The lowest BCUT2D eigenvalue weighted by Gasteiger charge is -2.41. The molecular weight excluding hydrogens is 262 g/mol. The summed E-state index contributed by atoms with van der Waals surface area (Å²) in [4.78, 5) is 14.0. The third-order valence-electron chi connectivity index (χ3n) is 3.19. The zero-order chi connectivity index (χ0) is 14.0. The first-order chi connectivity index (χ1) is 8.96. The minimum atomic E-state index is -0.208. The van der Waals surface area contributed by atoms with Crippen molar-refractivity contribution in [2.45, 2.75) is 32.8 Å². The number of carbonyl (C=O) groups is 1. The Labute approximate surface area is 119 Å². The van der Waals surface area contributed by atoms with E-state index in [9.17, 15) is 4.79 Å². The van der Waals surface area contributed by atoms with E-state index in [1.165, 1.54) is 0 Å². The average Bonchev–Trinajstić information content (AvgIpc) is 2.36. The van der Waals surface area contributed by atoms with Gasteiger partial charge in [-0.2, -0.15) is 0 Å². The number of benzene rings is 1. The van der Waals surface area contributed by atoms with Crippen molar-refractivity contribution in [3.63, 3.8) is 0 Å². The molecule has 1 heterocycles. The number of fused-ring (bicyclic) bond motifs is 1. The van der Waals surface area contributed by atoms with Gasteiger partial charge in [0.15, 0.2) is 5.78 Å². The van der Waals surface area contributed by atoms with Crippen molar-refractivity contribution < 1.29 is 9.53 Å². The molecule has 0 atom stereocenters. The molecule has 104 valence electrons. The number of ether oxygens (including phenoxy) is 1. The molecule has 0 saturated heterocycles. The van der Waals surface area contributed by atoms with Crippen LogP contribution in [-0.4, -0.2) is 30.4 Å². The van der Waals surface area contributed by atoms with E-state index in [4.69, 9.17) is 16.3 Å². The summed E-state index contributed by atoms with van der Waals surface area (Å²) in [7, 11) is 0. The van der Waals surface area contributed by atoms with Crippen LogP contribution in [0.2, 0.25) is 0 Å². The lowest BCUT2D eigenvalue weighted by molar-refractivity contribution is 0.101. The Morgan fingerprint density at radius 2 is 2.21 bits per heavy atom. The highest BCUT2D eigenvalue weighted by Gasteiger charge is 2.31. The van der Waals surface area contributed by atoms with Crippen molar-refractivity contribution >= 4 is 23.1 Å². The Bertz CT molecular complexity index is 485. The third kappa shape index (κ3) is 3.03. The molecule has 0 unspecified atom stereocenters. The summed E-state index contributed by atoms with van der Waals surface area (Å²) in [6.45, 7) is 8.09. The number of hydrogen-bond donors (Lipinski definition) is 0. The average molecular weight is 282 g/mol. The summed E-state index contributed by atoms with van der Waals surface area (Å²) in [5.41, 5.74) is 1.44. The summed E-state index contributed by atoms with van der Waals surface area (Å²) >= 11 is 5.62. The topological polar surface area (TPSA) is 29.5 Å². The summed E-state index contributed by atoms with van der Waals surface area (Å²) in [5.74, 6) is 0.806. The summed E-state index contributed by atoms with van der Waals surface area (Å²) in [5, 5.41) is 0. The molecule has 0 saturated carbocycles. The number of nitrogens with zero attached hydrogens (tertiary/aromatic N) is 1. The third-order valence-corrected chi connectivity index (χ3v) is 3.44. The van der Waals surface area contributed by atoms with Gasteiger partial charge in [-0.15, -0.1) is 11.6 Å². The second-order valence-electron chi connectivity index (χ2n) is 5.52. The van der Waals surface area contributed by atoms with Crippen molar-refractivity contribution in [2.75, 3.05) is 23.9 Å². The van der Waals surface area contributed by atoms with Crippen LogP contribution in [0.3, 0.4) is 0 Å². The first-order valence-electron chi connectivity index (χ1n) is 6.64. The van der Waals surface area contributed by atoms with Gasteiger partial charge < -0.3 is 9.64 Å². The highest BCUT2D eigenvalue weighted by Crippen LogP contribution is 2.37. The van der Waals surface area contributed by atoms with Crippen LogP contribution >= 0.6 is 11.6 Å². The number of alkyl halides is 1. The molecule has 0 aliphatic carbocycles. The molecule has 0 amide bonds. The fourth-order valence-electron chi connectivity index (χ4n) is 2.45. The van der Waals surface area contributed by atoms with Crippen LogP contribution < -0.4 is 9.64 Å². The highest BCUT2D eigenvalue weighted by molar-refractivity contribution is 6.30. The number of halogens is 1. The lowest BCUT2D eigenvalue weighted by Crippen LogP contribution is -2.47. The molecule has 1 aromatic rings. The molecular formula is C15H20ClNO2. The largest absolute Gasteiger partial charge is 0.484 e. The quantitative estimate of drug-likeness (QED) is 0.625. The number of carbonyl (C=O) groups excluding carboxylic acids is 1. The minimum absolute atomic E-state index is 0.0128. The van der Waals surface area contributed by atoms with E-state index in [0.717, 1.165) is 30.9 Å². The van der Waals surface area contributed by atoms with Crippen LogP contribution in [0.5, 0.6) is 5.75 Å². The number of anilines is 1. The fraction of sp³-hybridized carbons (Fsp3) is 0.533. The van der Waals surface area contributed by atoms with Crippen molar-refractivity contribution in [1.82, 2.24) is 0 Å². The number of ketones is 1. The molecule has 4 heteroatoms. The van der Waals surface area contributed by atoms with E-state index >= 15 is 0 Å². The van der Waals surface area contributed by atoms with Gasteiger partial charge in [0.1, 0.15) is 11.4 Å². The van der Waals surface area contributed by atoms with Crippen molar-refractivity contribution in [2.24, 2.45) is 0 Å². The summed E-state index contributed by atoms with van der Waals surface area (Å²) < 4.78 is 5.98.